The van der Waals surface area contributed by atoms with Gasteiger partial charge in [0.05, 0.1) is 16.1 Å². The number of aromatic nitrogens is 1. The number of nitrogens with one attached hydrogen (secondary N) is 1. The third-order valence-electron chi connectivity index (χ3n) is 2.72. The summed E-state index contributed by atoms with van der Waals surface area (Å²) in [6.07, 6.45) is 0.447. The van der Waals surface area contributed by atoms with Crippen molar-refractivity contribution < 1.29 is 5.11 Å². The summed E-state index contributed by atoms with van der Waals surface area (Å²) in [5.41, 5.74) is 0. The van der Waals surface area contributed by atoms with E-state index >= 15 is 0 Å². The van der Waals surface area contributed by atoms with Crippen molar-refractivity contribution in [1.82, 2.24) is 4.98 Å². The fraction of sp³-hybridized carbons (Fsp3) is 0.545. The molecule has 4 nitrogen and oxygen atoms in total. The van der Waals surface area contributed by atoms with Crippen LogP contribution in [0.1, 0.15) is 13.3 Å². The second-order valence-corrected chi connectivity index (χ2v) is 4.86. The first-order valence-electron chi connectivity index (χ1n) is 5.64. The lowest BCUT2D eigenvalue weighted by Gasteiger charge is -2.19. The largest absolute Gasteiger partial charge is 0.391 e. The van der Waals surface area contributed by atoms with E-state index < -0.39 is 0 Å². The first-order valence-corrected chi connectivity index (χ1v) is 6.40. The molecule has 1 fully saturated rings. The van der Waals surface area contributed by atoms with Crippen LogP contribution in [0.2, 0.25) is 10.0 Å². The molecule has 0 amide bonds. The highest BCUT2D eigenvalue weighted by Gasteiger charge is 2.24. The summed E-state index contributed by atoms with van der Waals surface area (Å²) in [7, 11) is 0. The molecule has 1 atom stereocenters. The maximum absolute atomic E-state index is 9.52. The molecule has 1 saturated heterocycles. The van der Waals surface area contributed by atoms with E-state index in [1.807, 2.05) is 11.8 Å². The van der Waals surface area contributed by atoms with Crippen LogP contribution in [0.4, 0.5) is 11.6 Å². The Balaban J connectivity index is 2.29. The van der Waals surface area contributed by atoms with Crippen LogP contribution in [0.25, 0.3) is 0 Å². The molecule has 17 heavy (non-hydrogen) atoms. The van der Waals surface area contributed by atoms with Gasteiger partial charge in [-0.1, -0.05) is 23.2 Å². The molecule has 2 rings (SSSR count). The molecule has 1 unspecified atom stereocenters. The fourth-order valence-electron chi connectivity index (χ4n) is 1.90. The van der Waals surface area contributed by atoms with Gasteiger partial charge >= 0.3 is 0 Å². The second-order valence-electron chi connectivity index (χ2n) is 4.04. The van der Waals surface area contributed by atoms with Crippen LogP contribution in [-0.2, 0) is 0 Å². The standard InChI is InChI=1S/C11H15Cl2N3O/c1-2-14-10-8(12)5-9(13)11(15-10)16-4-3-7(17)6-16/h5,7,17H,2-4,6H2,1H3,(H,14,15). The van der Waals surface area contributed by atoms with E-state index in [0.29, 0.717) is 28.2 Å². The third-order valence-corrected chi connectivity index (χ3v) is 3.28. The van der Waals surface area contributed by atoms with E-state index in [9.17, 15) is 5.11 Å². The normalized spacial score (nSPS) is 19.8. The van der Waals surface area contributed by atoms with Gasteiger partial charge in [-0.2, -0.15) is 0 Å². The summed E-state index contributed by atoms with van der Waals surface area (Å²) in [6, 6.07) is 1.69. The molecule has 1 aliphatic rings. The van der Waals surface area contributed by atoms with Crippen molar-refractivity contribution in [3.8, 4) is 0 Å². The summed E-state index contributed by atoms with van der Waals surface area (Å²) in [5, 5.41) is 13.6. The average Bonchev–Trinajstić information content (AvgIpc) is 2.69. The number of hydrogen-bond acceptors (Lipinski definition) is 4. The molecule has 2 N–H and O–H groups in total. The molecular weight excluding hydrogens is 261 g/mol. The SMILES string of the molecule is CCNc1nc(N2CCC(O)C2)c(Cl)cc1Cl. The van der Waals surface area contributed by atoms with Crippen molar-refractivity contribution in [3.05, 3.63) is 16.1 Å². The third kappa shape index (κ3) is 2.76. The van der Waals surface area contributed by atoms with Crippen molar-refractivity contribution in [2.45, 2.75) is 19.4 Å². The smallest absolute Gasteiger partial charge is 0.150 e. The Kier molecular flexibility index (Phi) is 3.97. The lowest BCUT2D eigenvalue weighted by Crippen LogP contribution is -2.23. The molecule has 0 spiro atoms. The van der Waals surface area contributed by atoms with Gasteiger partial charge in [0.2, 0.25) is 0 Å². The van der Waals surface area contributed by atoms with Crippen molar-refractivity contribution in [2.24, 2.45) is 0 Å². The first-order chi connectivity index (χ1) is 8.11. The van der Waals surface area contributed by atoms with Crippen molar-refractivity contribution in [1.29, 1.82) is 0 Å². The summed E-state index contributed by atoms with van der Waals surface area (Å²) in [4.78, 5) is 6.39. The van der Waals surface area contributed by atoms with Gasteiger partial charge in [-0.05, 0) is 19.4 Å². The number of anilines is 2. The van der Waals surface area contributed by atoms with Crippen molar-refractivity contribution in [3.63, 3.8) is 0 Å². The highest BCUT2D eigenvalue weighted by atomic mass is 35.5. The van der Waals surface area contributed by atoms with Crippen LogP contribution in [0, 0.1) is 0 Å². The number of nitrogens with zero attached hydrogens (tertiary/aromatic N) is 2. The van der Waals surface area contributed by atoms with Crippen LogP contribution >= 0.6 is 23.2 Å². The minimum Gasteiger partial charge on any atom is -0.391 e. The van der Waals surface area contributed by atoms with Gasteiger partial charge in [-0.3, -0.25) is 0 Å². The van der Waals surface area contributed by atoms with E-state index in [-0.39, 0.29) is 6.10 Å². The van der Waals surface area contributed by atoms with E-state index in [0.717, 1.165) is 19.5 Å². The molecule has 2 heterocycles. The van der Waals surface area contributed by atoms with Crippen LogP contribution in [0.3, 0.4) is 0 Å². The van der Waals surface area contributed by atoms with Gasteiger partial charge in [0.1, 0.15) is 11.6 Å². The van der Waals surface area contributed by atoms with Crippen LogP contribution in [-0.4, -0.2) is 35.8 Å². The van der Waals surface area contributed by atoms with E-state index in [1.165, 1.54) is 0 Å². The highest BCUT2D eigenvalue weighted by Crippen LogP contribution is 2.32. The Hall–Kier alpha value is -0.710. The molecule has 6 heteroatoms. The first kappa shape index (κ1) is 12.7. The summed E-state index contributed by atoms with van der Waals surface area (Å²) in [5.74, 6) is 1.32. The minimum absolute atomic E-state index is 0.300. The Morgan fingerprint density at radius 3 is 2.88 bits per heavy atom. The van der Waals surface area contributed by atoms with E-state index in [4.69, 9.17) is 23.2 Å². The minimum atomic E-state index is -0.300. The summed E-state index contributed by atoms with van der Waals surface area (Å²) >= 11 is 12.2. The van der Waals surface area contributed by atoms with Crippen LogP contribution in [0.5, 0.6) is 0 Å². The number of pyridine rings is 1. The topological polar surface area (TPSA) is 48.4 Å². The number of hydrogen-bond donors (Lipinski definition) is 2. The lowest BCUT2D eigenvalue weighted by molar-refractivity contribution is 0.198. The van der Waals surface area contributed by atoms with Gasteiger partial charge < -0.3 is 15.3 Å². The van der Waals surface area contributed by atoms with Gasteiger partial charge in [-0.15, -0.1) is 0 Å². The van der Waals surface area contributed by atoms with Gasteiger partial charge in [0, 0.05) is 19.6 Å². The van der Waals surface area contributed by atoms with E-state index in [2.05, 4.69) is 10.3 Å². The Bertz CT molecular complexity index is 414. The zero-order chi connectivity index (χ0) is 12.4. The van der Waals surface area contributed by atoms with Crippen molar-refractivity contribution >= 4 is 34.8 Å². The molecule has 0 radical (unpaired) electrons. The number of aliphatic hydroxyl groups is 1. The van der Waals surface area contributed by atoms with Gasteiger partial charge in [0.15, 0.2) is 0 Å². The lowest BCUT2D eigenvalue weighted by atomic mass is 10.3. The predicted molar refractivity (Wildman–Crippen MR) is 71.3 cm³/mol. The molecule has 1 aliphatic heterocycles. The Labute approximate surface area is 111 Å². The molecule has 0 aromatic carbocycles. The molecule has 1 aromatic rings. The maximum Gasteiger partial charge on any atom is 0.150 e. The van der Waals surface area contributed by atoms with Crippen LogP contribution in [0.15, 0.2) is 6.07 Å². The zero-order valence-electron chi connectivity index (χ0n) is 9.58. The summed E-state index contributed by atoms with van der Waals surface area (Å²) < 4.78 is 0. The molecular formula is C11H15Cl2N3O. The second kappa shape index (κ2) is 5.29. The number of aliphatic hydroxyl groups excluding tert-OH is 1. The Morgan fingerprint density at radius 1 is 1.53 bits per heavy atom. The summed E-state index contributed by atoms with van der Waals surface area (Å²) in [6.45, 7) is 4.06. The molecule has 0 bridgehead atoms. The molecule has 0 aliphatic carbocycles. The predicted octanol–water partition coefficient (Wildman–Crippen LogP) is 2.39. The number of rotatable bonds is 3. The van der Waals surface area contributed by atoms with Gasteiger partial charge in [0.25, 0.3) is 0 Å². The monoisotopic (exact) mass is 275 g/mol. The Morgan fingerprint density at radius 2 is 2.29 bits per heavy atom. The highest BCUT2D eigenvalue weighted by molar-refractivity contribution is 6.37. The zero-order valence-corrected chi connectivity index (χ0v) is 11.1. The molecule has 0 saturated carbocycles. The quantitative estimate of drug-likeness (QED) is 0.890. The molecule has 1 aromatic heterocycles. The van der Waals surface area contributed by atoms with Crippen molar-refractivity contribution in [2.75, 3.05) is 29.9 Å². The number of halogens is 2. The van der Waals surface area contributed by atoms with Gasteiger partial charge in [-0.25, -0.2) is 4.98 Å². The maximum atomic E-state index is 9.52. The average molecular weight is 276 g/mol. The van der Waals surface area contributed by atoms with Crippen LogP contribution < -0.4 is 10.2 Å². The number of β-amino-alcohol motifs (C(OH)–C–C–N with tert-alkyl or cyclic N) is 1. The van der Waals surface area contributed by atoms with E-state index in [1.54, 1.807) is 6.07 Å². The fourth-order valence-corrected chi connectivity index (χ4v) is 2.45. The molecule has 94 valence electrons.